The van der Waals surface area contributed by atoms with E-state index in [-0.39, 0.29) is 6.04 Å². The molecule has 0 aliphatic heterocycles. The van der Waals surface area contributed by atoms with E-state index < -0.39 is 0 Å². The fourth-order valence-corrected chi connectivity index (χ4v) is 2.60. The molecule has 0 spiro atoms. The molecule has 0 aromatic heterocycles. The van der Waals surface area contributed by atoms with Crippen molar-refractivity contribution in [2.45, 2.75) is 71.5 Å². The number of carbonyl (C=O) groups is 1. The van der Waals surface area contributed by atoms with E-state index in [0.29, 0.717) is 17.9 Å². The van der Waals surface area contributed by atoms with Crippen molar-refractivity contribution in [3.63, 3.8) is 0 Å². The SMILES string of the molecule is CC(C)N(C(C)C)C1CCCCC1=O. The Hall–Kier alpha value is -0.370. The van der Waals surface area contributed by atoms with E-state index in [0.717, 1.165) is 19.3 Å². The summed E-state index contributed by atoms with van der Waals surface area (Å²) in [5, 5.41) is 0. The quantitative estimate of drug-likeness (QED) is 0.693. The van der Waals surface area contributed by atoms with Gasteiger partial charge in [0.1, 0.15) is 5.78 Å². The maximum atomic E-state index is 11.8. The molecule has 1 aliphatic rings. The van der Waals surface area contributed by atoms with Crippen LogP contribution in [0.15, 0.2) is 0 Å². The topological polar surface area (TPSA) is 20.3 Å². The van der Waals surface area contributed by atoms with Gasteiger partial charge in [-0.3, -0.25) is 9.69 Å². The van der Waals surface area contributed by atoms with Crippen molar-refractivity contribution in [2.24, 2.45) is 0 Å². The van der Waals surface area contributed by atoms with Crippen molar-refractivity contribution < 1.29 is 4.79 Å². The Bertz CT molecular complexity index is 190. The minimum atomic E-state index is 0.198. The predicted octanol–water partition coefficient (Wildman–Crippen LogP) is 2.62. The predicted molar refractivity (Wildman–Crippen MR) is 59.4 cm³/mol. The molecule has 0 heterocycles. The van der Waals surface area contributed by atoms with Crippen LogP contribution in [0.2, 0.25) is 0 Å². The Morgan fingerprint density at radius 3 is 2.14 bits per heavy atom. The lowest BCUT2D eigenvalue weighted by molar-refractivity contribution is -0.128. The third-order valence-corrected chi connectivity index (χ3v) is 3.07. The molecule has 14 heavy (non-hydrogen) atoms. The Morgan fingerprint density at radius 1 is 1.14 bits per heavy atom. The molecule has 1 atom stereocenters. The third-order valence-electron chi connectivity index (χ3n) is 3.07. The summed E-state index contributed by atoms with van der Waals surface area (Å²) in [5.74, 6) is 0.457. The Morgan fingerprint density at radius 2 is 1.71 bits per heavy atom. The van der Waals surface area contributed by atoms with E-state index in [2.05, 4.69) is 32.6 Å². The molecule has 1 fully saturated rings. The number of ketones is 1. The van der Waals surface area contributed by atoms with E-state index in [9.17, 15) is 4.79 Å². The summed E-state index contributed by atoms with van der Waals surface area (Å²) in [6.07, 6.45) is 4.17. The van der Waals surface area contributed by atoms with Crippen LogP contribution >= 0.6 is 0 Å². The van der Waals surface area contributed by atoms with Crippen molar-refractivity contribution in [1.29, 1.82) is 0 Å². The lowest BCUT2D eigenvalue weighted by Gasteiger charge is -2.39. The van der Waals surface area contributed by atoms with Gasteiger partial charge in [0.05, 0.1) is 6.04 Å². The molecule has 0 N–H and O–H groups in total. The highest BCUT2D eigenvalue weighted by Crippen LogP contribution is 2.23. The van der Waals surface area contributed by atoms with E-state index in [1.807, 2.05) is 0 Å². The van der Waals surface area contributed by atoms with Gasteiger partial charge < -0.3 is 0 Å². The first-order valence-corrected chi connectivity index (χ1v) is 5.84. The van der Waals surface area contributed by atoms with Crippen molar-refractivity contribution in [3.8, 4) is 0 Å². The smallest absolute Gasteiger partial charge is 0.149 e. The monoisotopic (exact) mass is 197 g/mol. The van der Waals surface area contributed by atoms with Gasteiger partial charge in [-0.2, -0.15) is 0 Å². The van der Waals surface area contributed by atoms with Crippen LogP contribution < -0.4 is 0 Å². The number of Topliss-reactive ketones (excluding diaryl/α,β-unsaturated/α-hetero) is 1. The summed E-state index contributed by atoms with van der Waals surface area (Å²) in [4.78, 5) is 14.2. The van der Waals surface area contributed by atoms with Crippen LogP contribution in [0.5, 0.6) is 0 Å². The number of hydrogen-bond donors (Lipinski definition) is 0. The Labute approximate surface area is 87.7 Å². The van der Waals surface area contributed by atoms with E-state index in [1.54, 1.807) is 0 Å². The van der Waals surface area contributed by atoms with E-state index in [1.165, 1.54) is 6.42 Å². The summed E-state index contributed by atoms with van der Waals surface area (Å²) >= 11 is 0. The molecule has 0 radical (unpaired) electrons. The zero-order chi connectivity index (χ0) is 10.7. The zero-order valence-electron chi connectivity index (χ0n) is 9.92. The molecular weight excluding hydrogens is 174 g/mol. The average Bonchev–Trinajstić information content (AvgIpc) is 2.07. The molecule has 0 bridgehead atoms. The van der Waals surface area contributed by atoms with Gasteiger partial charge in [-0.15, -0.1) is 0 Å². The molecule has 82 valence electrons. The van der Waals surface area contributed by atoms with Crippen LogP contribution in [-0.2, 0) is 4.79 Å². The van der Waals surface area contributed by atoms with Gasteiger partial charge in [0, 0.05) is 18.5 Å². The van der Waals surface area contributed by atoms with Crippen LogP contribution in [0.1, 0.15) is 53.4 Å². The van der Waals surface area contributed by atoms with Gasteiger partial charge in [-0.1, -0.05) is 6.42 Å². The highest BCUT2D eigenvalue weighted by Gasteiger charge is 2.31. The van der Waals surface area contributed by atoms with E-state index in [4.69, 9.17) is 0 Å². The molecule has 1 rings (SSSR count). The van der Waals surface area contributed by atoms with Crippen LogP contribution in [0.3, 0.4) is 0 Å². The van der Waals surface area contributed by atoms with Crippen molar-refractivity contribution >= 4 is 5.78 Å². The lowest BCUT2D eigenvalue weighted by atomic mass is 9.91. The molecule has 2 heteroatoms. The second kappa shape index (κ2) is 4.92. The average molecular weight is 197 g/mol. The molecule has 1 unspecified atom stereocenters. The highest BCUT2D eigenvalue weighted by molar-refractivity contribution is 5.84. The van der Waals surface area contributed by atoms with Gasteiger partial charge in [-0.05, 0) is 40.5 Å². The summed E-state index contributed by atoms with van der Waals surface area (Å²) in [6.45, 7) is 8.73. The first-order chi connectivity index (χ1) is 6.54. The van der Waals surface area contributed by atoms with Gasteiger partial charge in [0.2, 0.25) is 0 Å². The molecule has 2 nitrogen and oxygen atoms in total. The summed E-state index contributed by atoms with van der Waals surface area (Å²) in [6, 6.07) is 1.15. The van der Waals surface area contributed by atoms with Gasteiger partial charge >= 0.3 is 0 Å². The summed E-state index contributed by atoms with van der Waals surface area (Å²) < 4.78 is 0. The Balaban J connectivity index is 2.70. The molecule has 0 amide bonds. The maximum absolute atomic E-state index is 11.8. The van der Waals surface area contributed by atoms with Crippen LogP contribution in [0, 0.1) is 0 Å². The number of hydrogen-bond acceptors (Lipinski definition) is 2. The normalized spacial score (nSPS) is 23.9. The first kappa shape index (κ1) is 11.7. The first-order valence-electron chi connectivity index (χ1n) is 5.84. The van der Waals surface area contributed by atoms with Crippen molar-refractivity contribution in [2.75, 3.05) is 0 Å². The summed E-state index contributed by atoms with van der Waals surface area (Å²) in [7, 11) is 0. The van der Waals surface area contributed by atoms with Crippen LogP contribution in [0.4, 0.5) is 0 Å². The van der Waals surface area contributed by atoms with Crippen molar-refractivity contribution in [1.82, 2.24) is 4.90 Å². The third kappa shape index (κ3) is 2.57. The number of nitrogens with zero attached hydrogens (tertiary/aromatic N) is 1. The van der Waals surface area contributed by atoms with Crippen LogP contribution in [0.25, 0.3) is 0 Å². The lowest BCUT2D eigenvalue weighted by Crippen LogP contribution is -2.50. The fourth-order valence-electron chi connectivity index (χ4n) is 2.60. The highest BCUT2D eigenvalue weighted by atomic mass is 16.1. The minimum absolute atomic E-state index is 0.198. The van der Waals surface area contributed by atoms with Crippen molar-refractivity contribution in [3.05, 3.63) is 0 Å². The van der Waals surface area contributed by atoms with Gasteiger partial charge in [-0.25, -0.2) is 0 Å². The standard InChI is InChI=1S/C12H23NO/c1-9(2)13(10(3)4)11-7-5-6-8-12(11)14/h9-11H,5-8H2,1-4H3. The molecule has 1 aliphatic carbocycles. The molecule has 0 aromatic carbocycles. The van der Waals surface area contributed by atoms with Gasteiger partial charge in [0.25, 0.3) is 0 Å². The second-order valence-electron chi connectivity index (χ2n) is 4.86. The second-order valence-corrected chi connectivity index (χ2v) is 4.86. The summed E-state index contributed by atoms with van der Waals surface area (Å²) in [5.41, 5.74) is 0. The Kier molecular flexibility index (Phi) is 4.11. The minimum Gasteiger partial charge on any atom is -0.298 e. The number of carbonyl (C=O) groups excluding carboxylic acids is 1. The van der Waals surface area contributed by atoms with Crippen LogP contribution in [-0.4, -0.2) is 28.8 Å². The molecule has 0 aromatic rings. The zero-order valence-corrected chi connectivity index (χ0v) is 9.92. The van der Waals surface area contributed by atoms with Gasteiger partial charge in [0.15, 0.2) is 0 Å². The molecular formula is C12H23NO. The number of rotatable bonds is 3. The molecule has 0 saturated heterocycles. The largest absolute Gasteiger partial charge is 0.298 e. The fraction of sp³-hybridized carbons (Fsp3) is 0.917. The molecule has 1 saturated carbocycles. The van der Waals surface area contributed by atoms with E-state index >= 15 is 0 Å². The maximum Gasteiger partial charge on any atom is 0.149 e.